The second-order valence-corrected chi connectivity index (χ2v) is 5.90. The summed E-state index contributed by atoms with van der Waals surface area (Å²) >= 11 is 0. The molecule has 9 heteroatoms. The third-order valence-electron chi connectivity index (χ3n) is 3.80. The van der Waals surface area contributed by atoms with E-state index in [0.29, 0.717) is 36.1 Å². The summed E-state index contributed by atoms with van der Waals surface area (Å²) in [6.45, 7) is 0.518. The maximum atomic E-state index is 12.7. The molecule has 0 unspecified atom stereocenters. The minimum Gasteiger partial charge on any atom is -0.396 e. The minimum atomic E-state index is -4.38. The van der Waals surface area contributed by atoms with Crippen LogP contribution >= 0.6 is 0 Å². The molecule has 0 spiro atoms. The number of benzene rings is 1. The van der Waals surface area contributed by atoms with E-state index in [1.165, 1.54) is 12.1 Å². The van der Waals surface area contributed by atoms with Crippen molar-refractivity contribution < 1.29 is 18.3 Å². The van der Waals surface area contributed by atoms with Crippen LogP contribution in [0.4, 0.5) is 30.6 Å². The van der Waals surface area contributed by atoms with Crippen molar-refractivity contribution in [2.45, 2.75) is 12.6 Å². The first-order valence-electron chi connectivity index (χ1n) is 8.54. The fourth-order valence-electron chi connectivity index (χ4n) is 2.43. The lowest BCUT2D eigenvalue weighted by molar-refractivity contribution is -0.137. The van der Waals surface area contributed by atoms with Gasteiger partial charge in [0.1, 0.15) is 5.82 Å². The molecule has 3 N–H and O–H groups in total. The molecule has 28 heavy (non-hydrogen) atoms. The van der Waals surface area contributed by atoms with Gasteiger partial charge in [-0.2, -0.15) is 18.2 Å². The molecule has 3 aromatic rings. The van der Waals surface area contributed by atoms with Gasteiger partial charge in [-0.25, -0.2) is 4.98 Å². The third kappa shape index (κ3) is 5.17. The predicted octanol–water partition coefficient (Wildman–Crippen LogP) is 4.10. The molecule has 0 bridgehead atoms. The molecule has 146 valence electrons. The van der Waals surface area contributed by atoms with Crippen molar-refractivity contribution in [1.82, 2.24) is 15.0 Å². The fraction of sp³-hybridized carbons (Fsp3) is 0.211. The number of nitrogens with one attached hydrogen (secondary N) is 2. The van der Waals surface area contributed by atoms with E-state index in [2.05, 4.69) is 25.6 Å². The molecule has 0 aliphatic heterocycles. The number of alkyl halides is 3. The van der Waals surface area contributed by atoms with E-state index in [1.54, 1.807) is 30.6 Å². The fourth-order valence-corrected chi connectivity index (χ4v) is 2.43. The van der Waals surface area contributed by atoms with E-state index < -0.39 is 11.7 Å². The number of aliphatic hydroxyl groups excluding tert-OH is 1. The Kier molecular flexibility index (Phi) is 6.05. The van der Waals surface area contributed by atoms with Gasteiger partial charge in [0.05, 0.1) is 11.3 Å². The van der Waals surface area contributed by atoms with Gasteiger partial charge in [-0.05, 0) is 42.8 Å². The summed E-state index contributed by atoms with van der Waals surface area (Å²) in [7, 11) is 0. The van der Waals surface area contributed by atoms with Gasteiger partial charge in [0.15, 0.2) is 0 Å². The van der Waals surface area contributed by atoms with E-state index in [9.17, 15) is 13.2 Å². The highest BCUT2D eigenvalue weighted by atomic mass is 19.4. The van der Waals surface area contributed by atoms with E-state index >= 15 is 0 Å². The molecular weight excluding hydrogens is 371 g/mol. The number of hydrogen-bond acceptors (Lipinski definition) is 6. The Morgan fingerprint density at radius 2 is 1.68 bits per heavy atom. The lowest BCUT2D eigenvalue weighted by Gasteiger charge is -2.12. The molecule has 0 amide bonds. The molecule has 0 saturated carbocycles. The normalized spacial score (nSPS) is 11.3. The zero-order valence-corrected chi connectivity index (χ0v) is 14.7. The highest BCUT2D eigenvalue weighted by molar-refractivity contribution is 5.67. The second kappa shape index (κ2) is 8.66. The first-order valence-corrected chi connectivity index (χ1v) is 8.54. The number of anilines is 3. The van der Waals surface area contributed by atoms with Crippen LogP contribution in [0, 0.1) is 0 Å². The summed E-state index contributed by atoms with van der Waals surface area (Å²) in [5.41, 5.74) is 1.19. The quantitative estimate of drug-likeness (QED) is 0.528. The first-order chi connectivity index (χ1) is 13.5. The van der Waals surface area contributed by atoms with Crippen LogP contribution in [0.3, 0.4) is 0 Å². The number of pyridine rings is 1. The number of aliphatic hydroxyl groups is 1. The Morgan fingerprint density at radius 3 is 2.32 bits per heavy atom. The van der Waals surface area contributed by atoms with Crippen molar-refractivity contribution >= 4 is 17.5 Å². The van der Waals surface area contributed by atoms with Crippen LogP contribution in [-0.2, 0) is 6.18 Å². The average molecular weight is 389 g/mol. The third-order valence-corrected chi connectivity index (χ3v) is 3.80. The molecule has 6 nitrogen and oxygen atoms in total. The Morgan fingerprint density at radius 1 is 0.964 bits per heavy atom. The monoisotopic (exact) mass is 389 g/mol. The average Bonchev–Trinajstić information content (AvgIpc) is 2.68. The highest BCUT2D eigenvalue weighted by Gasteiger charge is 2.29. The van der Waals surface area contributed by atoms with Gasteiger partial charge in [-0.3, -0.25) is 4.98 Å². The molecular formula is C19H18F3N5O. The topological polar surface area (TPSA) is 83.0 Å². The van der Waals surface area contributed by atoms with E-state index in [0.717, 1.165) is 17.7 Å². The molecule has 0 atom stereocenters. The van der Waals surface area contributed by atoms with Crippen LogP contribution in [0.2, 0.25) is 0 Å². The molecule has 0 aliphatic rings. The number of hydrogen-bond donors (Lipinski definition) is 3. The zero-order valence-electron chi connectivity index (χ0n) is 14.7. The summed E-state index contributed by atoms with van der Waals surface area (Å²) in [6.07, 6.45) is -0.575. The zero-order chi connectivity index (χ0) is 20.0. The standard InChI is InChI=1S/C19H18F3N5O/c20-19(21,22)14-2-4-15(5-3-14)25-17-12-16(13-6-9-23-10-7-13)26-18(27-17)24-8-1-11-28/h2-7,9-10,12,28H,1,8,11H2,(H2,24,25,26,27). The maximum absolute atomic E-state index is 12.7. The van der Waals surface area contributed by atoms with Crippen molar-refractivity contribution in [2.24, 2.45) is 0 Å². The molecule has 3 rings (SSSR count). The van der Waals surface area contributed by atoms with E-state index in [1.807, 2.05) is 0 Å². The van der Waals surface area contributed by atoms with Crippen molar-refractivity contribution in [3.8, 4) is 11.3 Å². The van der Waals surface area contributed by atoms with Gasteiger partial charge in [-0.15, -0.1) is 0 Å². The summed E-state index contributed by atoms with van der Waals surface area (Å²) in [5, 5.41) is 15.0. The lowest BCUT2D eigenvalue weighted by Crippen LogP contribution is -2.09. The Balaban J connectivity index is 1.87. The van der Waals surface area contributed by atoms with Crippen LogP contribution in [-0.4, -0.2) is 33.2 Å². The van der Waals surface area contributed by atoms with Gasteiger partial charge < -0.3 is 15.7 Å². The van der Waals surface area contributed by atoms with E-state index in [4.69, 9.17) is 5.11 Å². The Hall–Kier alpha value is -3.20. The molecule has 0 fully saturated rings. The summed E-state index contributed by atoms with van der Waals surface area (Å²) in [5.74, 6) is 0.769. The van der Waals surface area contributed by atoms with Crippen molar-refractivity contribution in [3.05, 3.63) is 60.4 Å². The smallest absolute Gasteiger partial charge is 0.396 e. The first kappa shape index (κ1) is 19.6. The molecule has 2 heterocycles. The number of halogens is 3. The second-order valence-electron chi connectivity index (χ2n) is 5.90. The Labute approximate surface area is 159 Å². The summed E-state index contributed by atoms with van der Waals surface area (Å²) in [6, 6.07) is 9.99. The van der Waals surface area contributed by atoms with Gasteiger partial charge >= 0.3 is 6.18 Å². The molecule has 0 radical (unpaired) electrons. The van der Waals surface area contributed by atoms with Crippen LogP contribution in [0.15, 0.2) is 54.9 Å². The number of nitrogens with zero attached hydrogens (tertiary/aromatic N) is 3. The van der Waals surface area contributed by atoms with Gasteiger partial charge in [0.2, 0.25) is 5.95 Å². The minimum absolute atomic E-state index is 0.0354. The number of aromatic nitrogens is 3. The number of rotatable bonds is 7. The molecule has 0 aliphatic carbocycles. The largest absolute Gasteiger partial charge is 0.416 e. The van der Waals surface area contributed by atoms with Gasteiger partial charge in [0.25, 0.3) is 0 Å². The summed E-state index contributed by atoms with van der Waals surface area (Å²) < 4.78 is 38.1. The molecule has 2 aromatic heterocycles. The summed E-state index contributed by atoms with van der Waals surface area (Å²) in [4.78, 5) is 12.8. The van der Waals surface area contributed by atoms with Crippen LogP contribution < -0.4 is 10.6 Å². The molecule has 0 saturated heterocycles. The van der Waals surface area contributed by atoms with Crippen molar-refractivity contribution in [2.75, 3.05) is 23.8 Å². The van der Waals surface area contributed by atoms with Crippen LogP contribution in [0.5, 0.6) is 0 Å². The predicted molar refractivity (Wildman–Crippen MR) is 100 cm³/mol. The lowest BCUT2D eigenvalue weighted by atomic mass is 10.2. The van der Waals surface area contributed by atoms with Crippen LogP contribution in [0.25, 0.3) is 11.3 Å². The van der Waals surface area contributed by atoms with Crippen molar-refractivity contribution in [3.63, 3.8) is 0 Å². The molecule has 1 aromatic carbocycles. The van der Waals surface area contributed by atoms with Crippen LogP contribution in [0.1, 0.15) is 12.0 Å². The maximum Gasteiger partial charge on any atom is 0.416 e. The SMILES string of the molecule is OCCCNc1nc(Nc2ccc(C(F)(F)F)cc2)cc(-c2ccncc2)n1. The van der Waals surface area contributed by atoms with Crippen molar-refractivity contribution in [1.29, 1.82) is 0 Å². The Bertz CT molecular complexity index is 902. The van der Waals surface area contributed by atoms with Gasteiger partial charge in [0, 0.05) is 42.9 Å². The van der Waals surface area contributed by atoms with E-state index in [-0.39, 0.29) is 6.61 Å². The van der Waals surface area contributed by atoms with Gasteiger partial charge in [-0.1, -0.05) is 0 Å². The highest BCUT2D eigenvalue weighted by Crippen LogP contribution is 2.30.